The molecule has 2 unspecified atom stereocenters. The monoisotopic (exact) mass is 281 g/mol. The van der Waals surface area contributed by atoms with Crippen molar-refractivity contribution >= 4 is 0 Å². The fourth-order valence-electron chi connectivity index (χ4n) is 2.87. The maximum Gasteiger partial charge on any atom is 0.0964 e. The summed E-state index contributed by atoms with van der Waals surface area (Å²) >= 11 is 0. The first-order chi connectivity index (χ1) is 9.63. The first-order valence-corrected chi connectivity index (χ1v) is 7.69. The van der Waals surface area contributed by atoms with E-state index in [1.165, 1.54) is 0 Å². The molecule has 0 radical (unpaired) electrons. The van der Waals surface area contributed by atoms with Crippen LogP contribution in [0.5, 0.6) is 0 Å². The number of aryl methyl sites for hydroxylation is 2. The predicted octanol–water partition coefficient (Wildman–Crippen LogP) is 1.23. The van der Waals surface area contributed by atoms with Crippen LogP contribution in [0.3, 0.4) is 0 Å². The number of aliphatic hydroxyl groups is 1. The Kier molecular flexibility index (Phi) is 5.57. The van der Waals surface area contributed by atoms with Crippen molar-refractivity contribution in [3.8, 4) is 0 Å². The Morgan fingerprint density at radius 2 is 2.30 bits per heavy atom. The maximum absolute atomic E-state index is 10.4. The molecule has 1 fully saturated rings. The van der Waals surface area contributed by atoms with Crippen molar-refractivity contribution in [1.29, 1.82) is 0 Å². The summed E-state index contributed by atoms with van der Waals surface area (Å²) in [5.74, 6) is 0. The molecule has 114 valence electrons. The minimum absolute atomic E-state index is 0.0872. The highest BCUT2D eigenvalue weighted by Crippen LogP contribution is 2.14. The SMILES string of the molecule is CCCN1CCOC(C(O)Cc2cc(C)nn2CC)C1. The molecule has 2 heterocycles. The van der Waals surface area contributed by atoms with E-state index in [2.05, 4.69) is 29.9 Å². The molecule has 1 saturated heterocycles. The summed E-state index contributed by atoms with van der Waals surface area (Å²) in [7, 11) is 0. The number of nitrogens with zero attached hydrogens (tertiary/aromatic N) is 3. The summed E-state index contributed by atoms with van der Waals surface area (Å²) in [5, 5.41) is 14.9. The summed E-state index contributed by atoms with van der Waals surface area (Å²) < 4.78 is 7.71. The van der Waals surface area contributed by atoms with Gasteiger partial charge in [0.2, 0.25) is 0 Å². The van der Waals surface area contributed by atoms with Crippen molar-refractivity contribution < 1.29 is 9.84 Å². The standard InChI is InChI=1S/C15H27N3O2/c1-4-6-17-7-8-20-15(11-17)14(19)10-13-9-12(3)16-18(13)5-2/h9,14-15,19H,4-8,10-11H2,1-3H3. The van der Waals surface area contributed by atoms with E-state index in [1.54, 1.807) is 0 Å². The number of ether oxygens (including phenoxy) is 1. The summed E-state index contributed by atoms with van der Waals surface area (Å²) in [5.41, 5.74) is 2.10. The molecule has 1 aromatic rings. The molecule has 1 aliphatic rings. The van der Waals surface area contributed by atoms with Gasteiger partial charge in [-0.25, -0.2) is 0 Å². The van der Waals surface area contributed by atoms with Gasteiger partial charge >= 0.3 is 0 Å². The van der Waals surface area contributed by atoms with Crippen molar-refractivity contribution in [3.63, 3.8) is 0 Å². The van der Waals surface area contributed by atoms with Gasteiger partial charge < -0.3 is 9.84 Å². The van der Waals surface area contributed by atoms with Crippen molar-refractivity contribution in [1.82, 2.24) is 14.7 Å². The van der Waals surface area contributed by atoms with Gasteiger partial charge in [0.25, 0.3) is 0 Å². The van der Waals surface area contributed by atoms with Crippen LogP contribution < -0.4 is 0 Å². The Morgan fingerprint density at radius 3 is 3.00 bits per heavy atom. The van der Waals surface area contributed by atoms with Crippen LogP contribution in [0.15, 0.2) is 6.07 Å². The molecule has 0 saturated carbocycles. The van der Waals surface area contributed by atoms with Gasteiger partial charge in [0, 0.05) is 31.7 Å². The predicted molar refractivity (Wildman–Crippen MR) is 78.8 cm³/mol. The van der Waals surface area contributed by atoms with Gasteiger partial charge in [0.15, 0.2) is 0 Å². The van der Waals surface area contributed by atoms with Gasteiger partial charge in [-0.3, -0.25) is 9.58 Å². The molecular formula is C15H27N3O2. The molecule has 0 spiro atoms. The van der Waals surface area contributed by atoms with Crippen molar-refractivity contribution in [2.45, 2.75) is 52.4 Å². The lowest BCUT2D eigenvalue weighted by molar-refractivity contribution is -0.0881. The quantitative estimate of drug-likeness (QED) is 0.852. The molecule has 5 heteroatoms. The van der Waals surface area contributed by atoms with E-state index in [0.29, 0.717) is 13.0 Å². The van der Waals surface area contributed by atoms with Gasteiger partial charge in [0.05, 0.1) is 24.5 Å². The smallest absolute Gasteiger partial charge is 0.0964 e. The second-order valence-corrected chi connectivity index (χ2v) is 5.57. The Balaban J connectivity index is 1.95. The number of hydrogen-bond acceptors (Lipinski definition) is 4. The zero-order chi connectivity index (χ0) is 14.5. The molecule has 2 rings (SSSR count). The maximum atomic E-state index is 10.4. The summed E-state index contributed by atoms with van der Waals surface area (Å²) in [6.07, 6.45) is 1.20. The Labute approximate surface area is 121 Å². The van der Waals surface area contributed by atoms with Crippen LogP contribution in [0, 0.1) is 6.92 Å². The van der Waals surface area contributed by atoms with Crippen LogP contribution in [0.1, 0.15) is 31.7 Å². The van der Waals surface area contributed by atoms with E-state index >= 15 is 0 Å². The molecule has 0 amide bonds. The third kappa shape index (κ3) is 3.81. The number of aromatic nitrogens is 2. The molecule has 2 atom stereocenters. The van der Waals surface area contributed by atoms with Crippen molar-refractivity contribution in [3.05, 3.63) is 17.5 Å². The van der Waals surface area contributed by atoms with E-state index in [9.17, 15) is 5.11 Å². The fourth-order valence-corrected chi connectivity index (χ4v) is 2.87. The third-order valence-electron chi connectivity index (χ3n) is 3.85. The van der Waals surface area contributed by atoms with Crippen LogP contribution in [0.2, 0.25) is 0 Å². The molecule has 5 nitrogen and oxygen atoms in total. The van der Waals surface area contributed by atoms with Crippen LogP contribution in [-0.2, 0) is 17.7 Å². The zero-order valence-corrected chi connectivity index (χ0v) is 12.9. The molecule has 0 aliphatic carbocycles. The first kappa shape index (κ1) is 15.5. The van der Waals surface area contributed by atoms with Gasteiger partial charge in [-0.1, -0.05) is 6.92 Å². The van der Waals surface area contributed by atoms with Crippen molar-refractivity contribution in [2.24, 2.45) is 0 Å². The molecule has 0 bridgehead atoms. The van der Waals surface area contributed by atoms with E-state index < -0.39 is 6.10 Å². The zero-order valence-electron chi connectivity index (χ0n) is 12.9. The Hall–Kier alpha value is -0.910. The highest BCUT2D eigenvalue weighted by atomic mass is 16.5. The fraction of sp³-hybridized carbons (Fsp3) is 0.800. The topological polar surface area (TPSA) is 50.5 Å². The van der Waals surface area contributed by atoms with Gasteiger partial charge in [-0.2, -0.15) is 5.10 Å². The molecule has 0 aromatic carbocycles. The van der Waals surface area contributed by atoms with Crippen LogP contribution in [0.4, 0.5) is 0 Å². The first-order valence-electron chi connectivity index (χ1n) is 7.69. The number of hydrogen-bond donors (Lipinski definition) is 1. The molecule has 1 N–H and O–H groups in total. The number of aliphatic hydroxyl groups excluding tert-OH is 1. The minimum Gasteiger partial charge on any atom is -0.390 e. The largest absolute Gasteiger partial charge is 0.390 e. The van der Waals surface area contributed by atoms with Gasteiger partial charge in [-0.05, 0) is 32.9 Å². The second-order valence-electron chi connectivity index (χ2n) is 5.57. The number of morpholine rings is 1. The molecule has 1 aromatic heterocycles. The molecule has 1 aliphatic heterocycles. The Morgan fingerprint density at radius 1 is 1.50 bits per heavy atom. The highest BCUT2D eigenvalue weighted by Gasteiger charge is 2.27. The minimum atomic E-state index is -0.462. The van der Waals surface area contributed by atoms with Crippen LogP contribution in [0.25, 0.3) is 0 Å². The Bertz CT molecular complexity index is 417. The highest BCUT2D eigenvalue weighted by molar-refractivity contribution is 5.10. The van der Waals surface area contributed by atoms with Crippen molar-refractivity contribution in [2.75, 3.05) is 26.2 Å². The van der Waals surface area contributed by atoms with E-state index in [4.69, 9.17) is 4.74 Å². The summed E-state index contributed by atoms with van der Waals surface area (Å²) in [6.45, 7) is 10.7. The lowest BCUT2D eigenvalue weighted by Crippen LogP contribution is -2.48. The number of rotatable bonds is 6. The lowest BCUT2D eigenvalue weighted by Gasteiger charge is -2.35. The normalized spacial score (nSPS) is 22.1. The van der Waals surface area contributed by atoms with Gasteiger partial charge in [-0.15, -0.1) is 0 Å². The molecule has 20 heavy (non-hydrogen) atoms. The van der Waals surface area contributed by atoms with E-state index in [1.807, 2.05) is 11.6 Å². The second kappa shape index (κ2) is 7.20. The average molecular weight is 281 g/mol. The third-order valence-corrected chi connectivity index (χ3v) is 3.85. The van der Waals surface area contributed by atoms with E-state index in [0.717, 1.165) is 44.0 Å². The summed E-state index contributed by atoms with van der Waals surface area (Å²) in [4.78, 5) is 2.37. The average Bonchev–Trinajstić information content (AvgIpc) is 2.79. The summed E-state index contributed by atoms with van der Waals surface area (Å²) in [6, 6.07) is 2.05. The molecular weight excluding hydrogens is 254 g/mol. The van der Waals surface area contributed by atoms with Crippen LogP contribution >= 0.6 is 0 Å². The van der Waals surface area contributed by atoms with Gasteiger partial charge in [0.1, 0.15) is 0 Å². The lowest BCUT2D eigenvalue weighted by atomic mass is 10.1. The van der Waals surface area contributed by atoms with E-state index in [-0.39, 0.29) is 6.10 Å². The van der Waals surface area contributed by atoms with Crippen LogP contribution in [-0.4, -0.2) is 58.2 Å².